The number of benzene rings is 2. The van der Waals surface area contributed by atoms with E-state index in [2.05, 4.69) is 51.9 Å². The highest BCUT2D eigenvalue weighted by Crippen LogP contribution is 2.39. The lowest BCUT2D eigenvalue weighted by molar-refractivity contribution is -0.119. The molecule has 4 aromatic rings. The minimum absolute atomic E-state index is 0.0891. The van der Waals surface area contributed by atoms with Gasteiger partial charge in [0.2, 0.25) is 5.91 Å². The van der Waals surface area contributed by atoms with E-state index >= 15 is 0 Å². The maximum Gasteiger partial charge on any atom is 0.254 e. The molecular formula is C32H38N6O3. The van der Waals surface area contributed by atoms with E-state index in [0.717, 1.165) is 69.8 Å². The smallest absolute Gasteiger partial charge is 0.254 e. The number of fused-ring (bicyclic) bond motifs is 3. The van der Waals surface area contributed by atoms with Crippen LogP contribution in [0.25, 0.3) is 33.5 Å². The predicted molar refractivity (Wildman–Crippen MR) is 159 cm³/mol. The first kappa shape index (κ1) is 26.1. The maximum absolute atomic E-state index is 13.4. The van der Waals surface area contributed by atoms with Gasteiger partial charge >= 0.3 is 0 Å². The predicted octanol–water partition coefficient (Wildman–Crippen LogP) is 3.73. The summed E-state index contributed by atoms with van der Waals surface area (Å²) in [6, 6.07) is 12.8. The van der Waals surface area contributed by atoms with Crippen molar-refractivity contribution in [2.45, 2.75) is 45.2 Å². The molecular weight excluding hydrogens is 516 g/mol. The molecule has 2 aliphatic heterocycles. The molecule has 2 aromatic heterocycles. The molecule has 2 aromatic carbocycles. The zero-order valence-corrected chi connectivity index (χ0v) is 24.1. The van der Waals surface area contributed by atoms with Gasteiger partial charge in [0.1, 0.15) is 5.75 Å². The van der Waals surface area contributed by atoms with Crippen molar-refractivity contribution >= 4 is 33.8 Å². The largest absolute Gasteiger partial charge is 0.491 e. The summed E-state index contributed by atoms with van der Waals surface area (Å²) in [6.07, 6.45) is 3.83. The van der Waals surface area contributed by atoms with E-state index < -0.39 is 0 Å². The second-order valence-electron chi connectivity index (χ2n) is 12.1. The number of rotatable bonds is 9. The van der Waals surface area contributed by atoms with Crippen molar-refractivity contribution in [3.8, 4) is 17.3 Å². The molecule has 3 aliphatic rings. The van der Waals surface area contributed by atoms with Crippen LogP contribution in [-0.4, -0.2) is 70.2 Å². The molecule has 2 atom stereocenters. The molecule has 0 radical (unpaired) electrons. The normalized spacial score (nSPS) is 19.7. The number of ether oxygens (including phenoxy) is 1. The van der Waals surface area contributed by atoms with Crippen LogP contribution in [0.5, 0.6) is 5.75 Å². The molecule has 1 saturated carbocycles. The quantitative estimate of drug-likeness (QED) is 0.329. The Kier molecular flexibility index (Phi) is 6.49. The average Bonchev–Trinajstić information content (AvgIpc) is 3.45. The molecule has 2 N–H and O–H groups in total. The van der Waals surface area contributed by atoms with Gasteiger partial charge < -0.3 is 29.4 Å². The van der Waals surface area contributed by atoms with E-state index in [1.807, 2.05) is 30.1 Å². The average molecular weight is 555 g/mol. The minimum Gasteiger partial charge on any atom is -0.491 e. The minimum atomic E-state index is 0.0891. The molecule has 1 aliphatic carbocycles. The maximum atomic E-state index is 13.4. The number of aryl methyl sites for hydroxylation is 1. The summed E-state index contributed by atoms with van der Waals surface area (Å²) >= 11 is 0. The van der Waals surface area contributed by atoms with E-state index in [9.17, 15) is 9.59 Å². The second-order valence-corrected chi connectivity index (χ2v) is 12.1. The summed E-state index contributed by atoms with van der Waals surface area (Å²) in [5, 5.41) is 7.27. The Bertz CT molecular complexity index is 1670. The molecule has 0 spiro atoms. The van der Waals surface area contributed by atoms with E-state index in [4.69, 9.17) is 9.72 Å². The van der Waals surface area contributed by atoms with Gasteiger partial charge in [-0.25, -0.2) is 4.98 Å². The summed E-state index contributed by atoms with van der Waals surface area (Å²) < 4.78 is 10.9. The molecule has 1 unspecified atom stereocenters. The number of hydrogen-bond acceptors (Lipinski definition) is 5. The van der Waals surface area contributed by atoms with Crippen LogP contribution >= 0.6 is 0 Å². The van der Waals surface area contributed by atoms with Crippen molar-refractivity contribution < 1.29 is 14.3 Å². The molecule has 214 valence electrons. The van der Waals surface area contributed by atoms with E-state index in [1.165, 1.54) is 12.8 Å². The third kappa shape index (κ3) is 4.76. The first-order chi connectivity index (χ1) is 19.9. The number of hydrogen-bond donors (Lipinski definition) is 2. The number of likely N-dealkylation sites (N-methyl/N-ethyl adjacent to an activating group) is 1. The van der Waals surface area contributed by atoms with Crippen LogP contribution in [0.1, 0.15) is 42.1 Å². The number of para-hydroxylation sites is 1. The van der Waals surface area contributed by atoms with Gasteiger partial charge in [0, 0.05) is 62.6 Å². The lowest BCUT2D eigenvalue weighted by atomic mass is 9.97. The number of imidazole rings is 1. The molecule has 2 amide bonds. The summed E-state index contributed by atoms with van der Waals surface area (Å²) in [5.74, 6) is 2.77. The summed E-state index contributed by atoms with van der Waals surface area (Å²) in [5.41, 5.74) is 5.90. The van der Waals surface area contributed by atoms with Gasteiger partial charge in [0.05, 0.1) is 28.9 Å². The third-order valence-electron chi connectivity index (χ3n) is 9.05. The van der Waals surface area contributed by atoms with Crippen LogP contribution in [0, 0.1) is 11.8 Å². The number of aromatic nitrogens is 3. The summed E-state index contributed by atoms with van der Waals surface area (Å²) in [7, 11) is 4.00. The van der Waals surface area contributed by atoms with Gasteiger partial charge in [-0.1, -0.05) is 12.1 Å². The monoisotopic (exact) mass is 554 g/mol. The molecule has 2 fully saturated rings. The van der Waals surface area contributed by atoms with Crippen LogP contribution in [-0.2, 0) is 24.8 Å². The zero-order chi connectivity index (χ0) is 28.2. The SMILES string of the molecule is CN[C@H](C)CN1CCc2cc3c(cc2C1=O)nc(-c1cc2cccc(OCC4CNC(=O)C4)c2n1CC1CC1)n3C. The van der Waals surface area contributed by atoms with Crippen LogP contribution in [0.15, 0.2) is 36.4 Å². The first-order valence-electron chi connectivity index (χ1n) is 14.9. The number of carbonyl (C=O) groups excluding carboxylic acids is 2. The Labute approximate surface area is 239 Å². The fourth-order valence-electron chi connectivity index (χ4n) is 6.37. The highest BCUT2D eigenvalue weighted by molar-refractivity contribution is 6.01. The van der Waals surface area contributed by atoms with Crippen molar-refractivity contribution in [2.75, 3.05) is 33.3 Å². The topological polar surface area (TPSA) is 93.4 Å². The van der Waals surface area contributed by atoms with Crippen molar-refractivity contribution in [3.05, 3.63) is 47.5 Å². The van der Waals surface area contributed by atoms with Gasteiger partial charge in [-0.2, -0.15) is 0 Å². The van der Waals surface area contributed by atoms with Gasteiger partial charge in [-0.15, -0.1) is 0 Å². The van der Waals surface area contributed by atoms with E-state index in [0.29, 0.717) is 32.0 Å². The molecule has 1 saturated heterocycles. The molecule has 7 rings (SSSR count). The highest BCUT2D eigenvalue weighted by Gasteiger charge is 2.29. The first-order valence-corrected chi connectivity index (χ1v) is 14.9. The fourth-order valence-corrected chi connectivity index (χ4v) is 6.37. The molecule has 4 heterocycles. The van der Waals surface area contributed by atoms with Crippen molar-refractivity contribution in [1.29, 1.82) is 0 Å². The van der Waals surface area contributed by atoms with Gasteiger partial charge in [0.25, 0.3) is 5.91 Å². The van der Waals surface area contributed by atoms with Gasteiger partial charge in [-0.3, -0.25) is 9.59 Å². The Morgan fingerprint density at radius 1 is 1.17 bits per heavy atom. The number of nitrogens with zero attached hydrogens (tertiary/aromatic N) is 4. The summed E-state index contributed by atoms with van der Waals surface area (Å²) in [4.78, 5) is 32.2. The molecule has 9 nitrogen and oxygen atoms in total. The lowest BCUT2D eigenvalue weighted by Crippen LogP contribution is -2.44. The summed E-state index contributed by atoms with van der Waals surface area (Å²) in [6.45, 7) is 5.62. The van der Waals surface area contributed by atoms with Crippen molar-refractivity contribution in [2.24, 2.45) is 18.9 Å². The highest BCUT2D eigenvalue weighted by atomic mass is 16.5. The van der Waals surface area contributed by atoms with Crippen molar-refractivity contribution in [1.82, 2.24) is 29.7 Å². The van der Waals surface area contributed by atoms with Crippen LogP contribution in [0.2, 0.25) is 0 Å². The van der Waals surface area contributed by atoms with Crippen LogP contribution < -0.4 is 15.4 Å². The van der Waals surface area contributed by atoms with Gasteiger partial charge in [0.15, 0.2) is 5.82 Å². The third-order valence-corrected chi connectivity index (χ3v) is 9.05. The van der Waals surface area contributed by atoms with Crippen molar-refractivity contribution in [3.63, 3.8) is 0 Å². The number of amides is 2. The van der Waals surface area contributed by atoms with Crippen LogP contribution in [0.4, 0.5) is 0 Å². The number of carbonyl (C=O) groups is 2. The van der Waals surface area contributed by atoms with Crippen LogP contribution in [0.3, 0.4) is 0 Å². The Morgan fingerprint density at radius 3 is 2.78 bits per heavy atom. The fraction of sp³-hybridized carbons (Fsp3) is 0.469. The zero-order valence-electron chi connectivity index (χ0n) is 24.1. The Morgan fingerprint density at radius 2 is 2.02 bits per heavy atom. The van der Waals surface area contributed by atoms with E-state index in [1.54, 1.807) is 0 Å². The number of nitrogens with one attached hydrogen (secondary N) is 2. The second kappa shape index (κ2) is 10.2. The lowest BCUT2D eigenvalue weighted by Gasteiger charge is -2.30. The van der Waals surface area contributed by atoms with E-state index in [-0.39, 0.29) is 23.8 Å². The Hall–Kier alpha value is -3.85. The molecule has 9 heteroatoms. The Balaban J connectivity index is 1.28. The standard InChI is InChI=1S/C32H38N6O3/c1-19(33-2)16-37-10-9-22-12-26-25(14-24(22)32(37)40)35-31(36(26)3)27-13-23-5-4-6-28(30(23)38(27)17-20-7-8-20)41-18-21-11-29(39)34-15-21/h4-6,12-14,19-21,33H,7-11,15-18H2,1-3H3,(H,34,39)/t19-,21?/m1/s1. The van der Waals surface area contributed by atoms with Gasteiger partial charge in [-0.05, 0) is 69.0 Å². The molecule has 0 bridgehead atoms. The molecule has 41 heavy (non-hydrogen) atoms.